The number of hydrogen-bond acceptors (Lipinski definition) is 6. The number of aromatic nitrogens is 2. The molecule has 7 nitrogen and oxygen atoms in total. The number of hydrogen-bond donors (Lipinski definition) is 3. The number of carboxylic acids is 1. The molecule has 0 aliphatic carbocycles. The second-order valence-electron chi connectivity index (χ2n) is 7.92. The van der Waals surface area contributed by atoms with Crippen molar-refractivity contribution in [1.29, 1.82) is 0 Å². The highest BCUT2D eigenvalue weighted by Crippen LogP contribution is 2.36. The van der Waals surface area contributed by atoms with Crippen molar-refractivity contribution in [2.75, 3.05) is 18.4 Å². The first kappa shape index (κ1) is 22.8. The van der Waals surface area contributed by atoms with Crippen LogP contribution in [-0.4, -0.2) is 56.5 Å². The molecule has 1 aromatic heterocycles. The summed E-state index contributed by atoms with van der Waals surface area (Å²) < 4.78 is 38.4. The molecule has 0 saturated carbocycles. The van der Waals surface area contributed by atoms with Crippen LogP contribution in [0.5, 0.6) is 5.75 Å². The van der Waals surface area contributed by atoms with Gasteiger partial charge in [-0.15, -0.1) is 10.2 Å². The molecule has 168 valence electrons. The Kier molecular flexibility index (Phi) is 6.68. The molecule has 2 heterocycles. The lowest BCUT2D eigenvalue weighted by atomic mass is 10.0. The van der Waals surface area contributed by atoms with E-state index >= 15 is 0 Å². The Hall–Kier alpha value is -2.88. The third-order valence-electron chi connectivity index (χ3n) is 5.46. The first-order chi connectivity index (χ1) is 14.5. The molecule has 2 aromatic rings. The number of rotatable bonds is 6. The lowest BCUT2D eigenvalue weighted by molar-refractivity contribution is -0.139. The van der Waals surface area contributed by atoms with E-state index in [1.807, 2.05) is 6.92 Å². The number of carbonyl (C=O) groups is 1. The van der Waals surface area contributed by atoms with Gasteiger partial charge in [-0.05, 0) is 63.1 Å². The van der Waals surface area contributed by atoms with Crippen molar-refractivity contribution in [1.82, 2.24) is 15.1 Å². The van der Waals surface area contributed by atoms with Crippen LogP contribution in [0.2, 0.25) is 0 Å². The largest absolute Gasteiger partial charge is 0.507 e. The Balaban J connectivity index is 1.72. The molecule has 0 amide bonds. The van der Waals surface area contributed by atoms with Gasteiger partial charge in [-0.1, -0.05) is 0 Å². The number of likely N-dealkylation sites (tertiary alicyclic amines) is 1. The number of nitrogens with zero attached hydrogens (tertiary/aromatic N) is 3. The summed E-state index contributed by atoms with van der Waals surface area (Å²) in [7, 11) is 0. The predicted octanol–water partition coefficient (Wildman–Crippen LogP) is 3.92. The average Bonchev–Trinajstić information content (AvgIpc) is 2.67. The fraction of sp³-hybridized carbons (Fsp3) is 0.476. The Bertz CT molecular complexity index is 952. The van der Waals surface area contributed by atoms with Gasteiger partial charge >= 0.3 is 12.1 Å². The van der Waals surface area contributed by atoms with Crippen LogP contribution in [-0.2, 0) is 11.0 Å². The van der Waals surface area contributed by atoms with Gasteiger partial charge < -0.3 is 15.5 Å². The molecule has 0 spiro atoms. The zero-order valence-corrected chi connectivity index (χ0v) is 17.3. The summed E-state index contributed by atoms with van der Waals surface area (Å²) in [6, 6.07) is 4.50. The number of nitrogens with one attached hydrogen (secondary N) is 1. The van der Waals surface area contributed by atoms with E-state index in [0.717, 1.165) is 25.5 Å². The Morgan fingerprint density at radius 2 is 2.06 bits per heavy atom. The van der Waals surface area contributed by atoms with Crippen molar-refractivity contribution >= 4 is 11.8 Å². The van der Waals surface area contributed by atoms with E-state index in [1.54, 1.807) is 13.0 Å². The number of alkyl halides is 3. The van der Waals surface area contributed by atoms with Crippen molar-refractivity contribution in [3.05, 3.63) is 35.4 Å². The van der Waals surface area contributed by atoms with Gasteiger partial charge in [-0.25, -0.2) is 0 Å². The number of aliphatic carboxylic acids is 1. The number of benzene rings is 1. The predicted molar refractivity (Wildman–Crippen MR) is 109 cm³/mol. The zero-order chi connectivity index (χ0) is 22.8. The SMILES string of the molecule is Cc1cc(N[C@@H]2CCCN([C@H](C)CC(=O)O)C2)nnc1-c1ccc(C(F)(F)F)cc1O. The standard InChI is InChI=1S/C21H25F3N4O3/c1-12-8-18(25-15-4-3-7-28(11-15)13(2)9-19(30)31)26-27-20(12)16-6-5-14(10-17(16)29)21(22,23)24/h5-6,8,10,13,15,29H,3-4,7,9,11H2,1-2H3,(H,25,26)(H,30,31)/t13-,15-/m1/s1. The molecule has 1 saturated heterocycles. The van der Waals surface area contributed by atoms with Crippen LogP contribution in [0.15, 0.2) is 24.3 Å². The van der Waals surface area contributed by atoms with Gasteiger partial charge in [-0.2, -0.15) is 13.2 Å². The minimum atomic E-state index is -4.54. The Morgan fingerprint density at radius 1 is 1.32 bits per heavy atom. The highest BCUT2D eigenvalue weighted by molar-refractivity contribution is 5.70. The molecule has 10 heteroatoms. The molecule has 1 aliphatic heterocycles. The maximum atomic E-state index is 12.8. The molecule has 0 radical (unpaired) electrons. The van der Waals surface area contributed by atoms with E-state index in [0.29, 0.717) is 29.7 Å². The van der Waals surface area contributed by atoms with Crippen LogP contribution >= 0.6 is 0 Å². The first-order valence-corrected chi connectivity index (χ1v) is 10.0. The molecule has 3 rings (SSSR count). The number of aryl methyl sites for hydroxylation is 1. The number of halogens is 3. The van der Waals surface area contributed by atoms with Crippen LogP contribution in [0.1, 0.15) is 37.3 Å². The summed E-state index contributed by atoms with van der Waals surface area (Å²) in [5.74, 6) is -0.820. The molecule has 31 heavy (non-hydrogen) atoms. The zero-order valence-electron chi connectivity index (χ0n) is 17.3. The lowest BCUT2D eigenvalue weighted by Gasteiger charge is -2.36. The van der Waals surface area contributed by atoms with Crippen molar-refractivity contribution in [3.63, 3.8) is 0 Å². The second-order valence-corrected chi connectivity index (χ2v) is 7.92. The van der Waals surface area contributed by atoms with Crippen LogP contribution < -0.4 is 5.32 Å². The van der Waals surface area contributed by atoms with Crippen molar-refractivity contribution in [2.45, 2.75) is 51.4 Å². The molecule has 2 atom stereocenters. The molecule has 0 unspecified atom stereocenters. The topological polar surface area (TPSA) is 98.6 Å². The van der Waals surface area contributed by atoms with Crippen LogP contribution in [0, 0.1) is 6.92 Å². The fourth-order valence-electron chi connectivity index (χ4n) is 3.85. The highest BCUT2D eigenvalue weighted by Gasteiger charge is 2.31. The number of aromatic hydroxyl groups is 1. The van der Waals surface area contributed by atoms with E-state index in [9.17, 15) is 23.1 Å². The van der Waals surface area contributed by atoms with Crippen LogP contribution in [0.3, 0.4) is 0 Å². The van der Waals surface area contributed by atoms with Crippen molar-refractivity contribution in [2.24, 2.45) is 0 Å². The Morgan fingerprint density at radius 3 is 2.68 bits per heavy atom. The van der Waals surface area contributed by atoms with Gasteiger partial charge in [0.15, 0.2) is 0 Å². The van der Waals surface area contributed by atoms with Crippen LogP contribution in [0.25, 0.3) is 11.3 Å². The number of piperidine rings is 1. The summed E-state index contributed by atoms with van der Waals surface area (Å²) in [4.78, 5) is 13.1. The highest BCUT2D eigenvalue weighted by atomic mass is 19.4. The molecule has 0 bridgehead atoms. The smallest absolute Gasteiger partial charge is 0.416 e. The maximum Gasteiger partial charge on any atom is 0.416 e. The summed E-state index contributed by atoms with van der Waals surface area (Å²) >= 11 is 0. The van der Waals surface area contributed by atoms with Crippen molar-refractivity contribution in [3.8, 4) is 17.0 Å². The summed E-state index contributed by atoms with van der Waals surface area (Å²) in [5, 5.41) is 30.6. The normalized spacial score (nSPS) is 18.5. The van der Waals surface area contributed by atoms with Gasteiger partial charge in [0.1, 0.15) is 11.6 Å². The maximum absolute atomic E-state index is 12.8. The molecular formula is C21H25F3N4O3. The quantitative estimate of drug-likeness (QED) is 0.629. The third-order valence-corrected chi connectivity index (χ3v) is 5.46. The summed E-state index contributed by atoms with van der Waals surface area (Å²) in [6.07, 6.45) is -2.64. The minimum absolute atomic E-state index is 0.0695. The van der Waals surface area contributed by atoms with Crippen molar-refractivity contribution < 1.29 is 28.2 Å². The number of phenols is 1. The number of anilines is 1. The molecular weight excluding hydrogens is 413 g/mol. The molecule has 1 aromatic carbocycles. The first-order valence-electron chi connectivity index (χ1n) is 10.0. The molecule has 1 aliphatic rings. The van der Waals surface area contributed by atoms with E-state index in [1.165, 1.54) is 6.07 Å². The van der Waals surface area contributed by atoms with Gasteiger partial charge in [0.05, 0.1) is 17.7 Å². The fourth-order valence-corrected chi connectivity index (χ4v) is 3.85. The van der Waals surface area contributed by atoms with Crippen LogP contribution in [0.4, 0.5) is 19.0 Å². The average molecular weight is 438 g/mol. The summed E-state index contributed by atoms with van der Waals surface area (Å²) in [6.45, 7) is 5.15. The third kappa shape index (κ3) is 5.63. The minimum Gasteiger partial charge on any atom is -0.507 e. The van der Waals surface area contributed by atoms with E-state index < -0.39 is 23.5 Å². The van der Waals surface area contributed by atoms with E-state index in [4.69, 9.17) is 5.11 Å². The lowest BCUT2D eigenvalue weighted by Crippen LogP contribution is -2.46. The summed E-state index contributed by atoms with van der Waals surface area (Å²) in [5.41, 5.74) is 0.198. The van der Waals surface area contributed by atoms with Gasteiger partial charge in [0.2, 0.25) is 0 Å². The Labute approximate surface area is 177 Å². The number of phenolic OH excluding ortho intramolecular Hbond substituents is 1. The van der Waals surface area contributed by atoms with E-state index in [2.05, 4.69) is 20.4 Å². The molecule has 3 N–H and O–H groups in total. The monoisotopic (exact) mass is 438 g/mol. The van der Waals surface area contributed by atoms with Gasteiger partial charge in [-0.3, -0.25) is 9.69 Å². The molecule has 1 fully saturated rings. The van der Waals surface area contributed by atoms with Gasteiger partial charge in [0, 0.05) is 24.2 Å². The number of carboxylic acid groups (broad SMARTS) is 1. The van der Waals surface area contributed by atoms with E-state index in [-0.39, 0.29) is 24.1 Å². The van der Waals surface area contributed by atoms with Gasteiger partial charge in [0.25, 0.3) is 0 Å². The second kappa shape index (κ2) is 9.09.